The third-order valence-electron chi connectivity index (χ3n) is 11.4. The molecule has 1 atom stereocenters. The second kappa shape index (κ2) is 19.4. The summed E-state index contributed by atoms with van der Waals surface area (Å²) in [6, 6.07) is 11.8. The molecule has 4 aliphatic heterocycles. The lowest BCUT2D eigenvalue weighted by Crippen LogP contribution is -2.57. The SMILES string of the molecule is C.CCOC(=O)CN1CCC(N2CCN(C(=O)[C@@H](Cc3cc(C)c(OC(C)=O)c(C)c3)OC(=O)N3CCC(N4CCc5ccccc5NC4=O)CC3)CC2)CC1. The van der Waals surface area contributed by atoms with Gasteiger partial charge in [-0.25, -0.2) is 9.59 Å². The normalized spacial score (nSPS) is 19.2. The second-order valence-corrected chi connectivity index (χ2v) is 15.2. The van der Waals surface area contributed by atoms with Gasteiger partial charge in [-0.1, -0.05) is 37.8 Å². The van der Waals surface area contributed by atoms with E-state index in [0.29, 0.717) is 83.6 Å². The van der Waals surface area contributed by atoms with Crippen molar-refractivity contribution in [2.45, 2.75) is 91.8 Å². The van der Waals surface area contributed by atoms with Gasteiger partial charge in [0.1, 0.15) is 5.75 Å². The Labute approximate surface area is 331 Å². The predicted molar refractivity (Wildman–Crippen MR) is 213 cm³/mol. The van der Waals surface area contributed by atoms with Crippen molar-refractivity contribution < 1.29 is 38.2 Å². The minimum absolute atomic E-state index is 0. The van der Waals surface area contributed by atoms with Crippen LogP contribution in [0.2, 0.25) is 0 Å². The molecule has 6 rings (SSSR count). The van der Waals surface area contributed by atoms with Crippen molar-refractivity contribution in [2.24, 2.45) is 0 Å². The minimum Gasteiger partial charge on any atom is -0.465 e. The van der Waals surface area contributed by atoms with E-state index in [-0.39, 0.29) is 37.8 Å². The third-order valence-corrected chi connectivity index (χ3v) is 11.4. The quantitative estimate of drug-likeness (QED) is 0.268. The number of ether oxygens (including phenoxy) is 3. The number of anilines is 1. The van der Waals surface area contributed by atoms with Crippen molar-refractivity contribution in [1.82, 2.24) is 24.5 Å². The number of likely N-dealkylation sites (tertiary alicyclic amines) is 2. The summed E-state index contributed by atoms with van der Waals surface area (Å²) < 4.78 is 16.7. The molecule has 56 heavy (non-hydrogen) atoms. The van der Waals surface area contributed by atoms with Crippen LogP contribution in [-0.4, -0.2) is 145 Å². The summed E-state index contributed by atoms with van der Waals surface area (Å²) in [7, 11) is 0. The number of urea groups is 1. The number of rotatable bonds is 10. The molecule has 0 aromatic heterocycles. The Bertz CT molecular complexity index is 1690. The summed E-state index contributed by atoms with van der Waals surface area (Å²) in [4.78, 5) is 74.8. The van der Waals surface area contributed by atoms with Gasteiger partial charge in [0.05, 0.1) is 13.2 Å². The zero-order valence-corrected chi connectivity index (χ0v) is 32.7. The van der Waals surface area contributed by atoms with E-state index >= 15 is 0 Å². The number of nitrogens with one attached hydrogen (secondary N) is 1. The molecule has 0 bridgehead atoms. The van der Waals surface area contributed by atoms with Crippen LogP contribution in [0.15, 0.2) is 36.4 Å². The molecule has 4 heterocycles. The third kappa shape index (κ3) is 10.6. The molecule has 0 unspecified atom stereocenters. The number of aryl methyl sites for hydroxylation is 2. The molecule has 14 nitrogen and oxygen atoms in total. The Kier molecular flexibility index (Phi) is 14.7. The molecule has 14 heteroatoms. The van der Waals surface area contributed by atoms with E-state index in [2.05, 4.69) is 15.1 Å². The Hall–Kier alpha value is -4.69. The van der Waals surface area contributed by atoms with E-state index in [0.717, 1.165) is 60.3 Å². The summed E-state index contributed by atoms with van der Waals surface area (Å²) in [6.45, 7) is 13.1. The van der Waals surface area contributed by atoms with Gasteiger partial charge < -0.3 is 34.2 Å². The molecule has 3 fully saturated rings. The summed E-state index contributed by atoms with van der Waals surface area (Å²) in [5.74, 6) is -0.337. The van der Waals surface area contributed by atoms with Crippen LogP contribution in [0.1, 0.15) is 69.2 Å². The lowest BCUT2D eigenvalue weighted by atomic mass is 10.00. The van der Waals surface area contributed by atoms with Gasteiger partial charge >= 0.3 is 24.1 Å². The van der Waals surface area contributed by atoms with E-state index in [9.17, 15) is 24.0 Å². The van der Waals surface area contributed by atoms with E-state index in [1.807, 2.05) is 62.1 Å². The van der Waals surface area contributed by atoms with E-state index < -0.39 is 18.2 Å². The van der Waals surface area contributed by atoms with E-state index in [1.54, 1.807) is 9.80 Å². The molecule has 0 radical (unpaired) electrons. The largest absolute Gasteiger partial charge is 0.465 e. The number of piperazine rings is 1. The number of benzene rings is 2. The highest BCUT2D eigenvalue weighted by molar-refractivity contribution is 5.91. The minimum atomic E-state index is -1.05. The molecule has 0 aliphatic carbocycles. The highest BCUT2D eigenvalue weighted by atomic mass is 16.6. The molecular weight excluding hydrogens is 716 g/mol. The highest BCUT2D eigenvalue weighted by Gasteiger charge is 2.36. The van der Waals surface area contributed by atoms with Gasteiger partial charge in [0, 0.05) is 90.0 Å². The van der Waals surface area contributed by atoms with Gasteiger partial charge in [-0.2, -0.15) is 0 Å². The van der Waals surface area contributed by atoms with Crippen molar-refractivity contribution in [3.8, 4) is 5.75 Å². The summed E-state index contributed by atoms with van der Waals surface area (Å²) in [5, 5.41) is 3.04. The summed E-state index contributed by atoms with van der Waals surface area (Å²) >= 11 is 0. The van der Waals surface area contributed by atoms with Crippen LogP contribution in [0.3, 0.4) is 0 Å². The molecule has 2 aromatic rings. The predicted octanol–water partition coefficient (Wildman–Crippen LogP) is 4.64. The van der Waals surface area contributed by atoms with Crippen LogP contribution in [0.25, 0.3) is 0 Å². The molecule has 2 aromatic carbocycles. The first-order chi connectivity index (χ1) is 26.5. The first-order valence-corrected chi connectivity index (χ1v) is 19.8. The van der Waals surface area contributed by atoms with Crippen LogP contribution in [-0.2, 0) is 36.7 Å². The van der Waals surface area contributed by atoms with Crippen LogP contribution >= 0.6 is 0 Å². The van der Waals surface area contributed by atoms with Gasteiger partial charge in [0.2, 0.25) is 0 Å². The lowest BCUT2D eigenvalue weighted by Gasteiger charge is -2.43. The van der Waals surface area contributed by atoms with E-state index in [1.165, 1.54) is 6.92 Å². The average molecular weight is 777 g/mol. The standard InChI is InChI=1S/C41H56N6O8.CH4/c1-5-53-37(49)27-43-15-11-33(12-16-43)44-20-22-45(23-21-44)39(50)36(26-31-24-28(2)38(29(3)25-31)54-30(4)48)55-41(52)46-17-13-34(14-18-46)47-19-10-32-8-6-7-9-35(32)42-40(47)51;/h6-9,24-25,33-34,36H,5,10-23,26-27H2,1-4H3,(H,42,51);1H4/t36-;/m1./s1. The Morgan fingerprint density at radius 2 is 1.48 bits per heavy atom. The van der Waals surface area contributed by atoms with Crippen molar-refractivity contribution in [3.05, 3.63) is 58.7 Å². The smallest absolute Gasteiger partial charge is 0.410 e. The maximum Gasteiger partial charge on any atom is 0.410 e. The van der Waals surface area contributed by atoms with Crippen LogP contribution < -0.4 is 10.1 Å². The van der Waals surface area contributed by atoms with Gasteiger partial charge in [0.25, 0.3) is 5.91 Å². The summed E-state index contributed by atoms with van der Waals surface area (Å²) in [6.07, 6.45) is 2.46. The molecule has 1 N–H and O–H groups in total. The van der Waals surface area contributed by atoms with Gasteiger partial charge in [-0.05, 0) is 81.2 Å². The summed E-state index contributed by atoms with van der Waals surface area (Å²) in [5.41, 5.74) is 4.26. The van der Waals surface area contributed by atoms with Crippen LogP contribution in [0.5, 0.6) is 5.75 Å². The van der Waals surface area contributed by atoms with Crippen LogP contribution in [0, 0.1) is 13.8 Å². The van der Waals surface area contributed by atoms with Crippen molar-refractivity contribution in [3.63, 3.8) is 0 Å². The maximum absolute atomic E-state index is 14.2. The lowest BCUT2D eigenvalue weighted by molar-refractivity contribution is -0.144. The Morgan fingerprint density at radius 3 is 2.12 bits per heavy atom. The van der Waals surface area contributed by atoms with Crippen molar-refractivity contribution >= 4 is 35.7 Å². The number of para-hydroxylation sites is 1. The number of piperidine rings is 2. The number of amides is 4. The first-order valence-electron chi connectivity index (χ1n) is 19.8. The zero-order chi connectivity index (χ0) is 39.1. The molecule has 4 amide bonds. The number of fused-ring (bicyclic) bond motifs is 1. The number of hydrogen-bond donors (Lipinski definition) is 1. The van der Waals surface area contributed by atoms with E-state index in [4.69, 9.17) is 14.2 Å². The topological polar surface area (TPSA) is 141 Å². The van der Waals surface area contributed by atoms with Crippen molar-refractivity contribution in [1.29, 1.82) is 0 Å². The Balaban J connectivity index is 0.00000600. The molecule has 0 spiro atoms. The molecule has 306 valence electrons. The Morgan fingerprint density at radius 1 is 0.839 bits per heavy atom. The number of nitrogens with zero attached hydrogens (tertiary/aromatic N) is 5. The second-order valence-electron chi connectivity index (χ2n) is 15.2. The molecule has 4 aliphatic rings. The molecular formula is C42H60N6O8. The number of hydrogen-bond acceptors (Lipinski definition) is 10. The zero-order valence-electron chi connectivity index (χ0n) is 32.7. The fourth-order valence-electron chi connectivity index (χ4n) is 8.49. The first kappa shape index (κ1) is 42.5. The van der Waals surface area contributed by atoms with Gasteiger partial charge in [-0.15, -0.1) is 0 Å². The monoisotopic (exact) mass is 776 g/mol. The van der Waals surface area contributed by atoms with Crippen molar-refractivity contribution in [2.75, 3.05) is 77.4 Å². The average Bonchev–Trinajstić information content (AvgIpc) is 3.34. The number of carbonyl (C=O) groups is 5. The molecule has 0 saturated carbocycles. The molecule has 3 saturated heterocycles. The van der Waals surface area contributed by atoms with Gasteiger partial charge in [-0.3, -0.25) is 24.2 Å². The van der Waals surface area contributed by atoms with Crippen LogP contribution in [0.4, 0.5) is 15.3 Å². The fraction of sp³-hybridized carbons (Fsp3) is 0.595. The number of carbonyl (C=O) groups excluding carboxylic acids is 5. The highest BCUT2D eigenvalue weighted by Crippen LogP contribution is 2.28. The number of esters is 2. The fourth-order valence-corrected chi connectivity index (χ4v) is 8.49. The van der Waals surface area contributed by atoms with Gasteiger partial charge in [0.15, 0.2) is 6.10 Å². The maximum atomic E-state index is 14.2.